The van der Waals surface area contributed by atoms with Crippen LogP contribution in [0.4, 0.5) is 0 Å². The smallest absolute Gasteiger partial charge is 0.305 e. The van der Waals surface area contributed by atoms with Gasteiger partial charge in [-0.1, -0.05) is 17.4 Å². The summed E-state index contributed by atoms with van der Waals surface area (Å²) in [6.07, 6.45) is 0.632. The van der Waals surface area contributed by atoms with Crippen molar-refractivity contribution < 1.29 is 19.5 Å². The number of nitrogens with one attached hydrogen (secondary N) is 1. The van der Waals surface area contributed by atoms with E-state index >= 15 is 0 Å². The number of H-pyrrole nitrogens is 1. The summed E-state index contributed by atoms with van der Waals surface area (Å²) >= 11 is 4.60. The van der Waals surface area contributed by atoms with Crippen LogP contribution in [-0.2, 0) is 14.4 Å². The summed E-state index contributed by atoms with van der Waals surface area (Å²) in [5.41, 5.74) is 0. The van der Waals surface area contributed by atoms with E-state index < -0.39 is 5.97 Å². The molecule has 0 radical (unpaired) electrons. The van der Waals surface area contributed by atoms with E-state index in [1.54, 1.807) is 23.1 Å². The van der Waals surface area contributed by atoms with Gasteiger partial charge >= 0.3 is 10.8 Å². The quantitative estimate of drug-likeness (QED) is 0.676. The van der Waals surface area contributed by atoms with Crippen LogP contribution in [0.2, 0.25) is 0 Å². The van der Waals surface area contributed by atoms with E-state index in [0.29, 0.717) is 0 Å². The number of thiazole rings is 1. The largest absolute Gasteiger partial charge is 0.481 e. The number of likely N-dealkylation sites (tertiary alicyclic amines) is 1. The highest BCUT2D eigenvalue weighted by Crippen LogP contribution is 2.68. The first kappa shape index (κ1) is 18.8. The number of thiophene rings is 1. The Morgan fingerprint density at radius 3 is 2.67 bits per heavy atom. The molecule has 2 amide bonds. The lowest BCUT2D eigenvalue weighted by Gasteiger charge is -2.42. The number of hydrogen-bond donors (Lipinski definition) is 2. The Hall–Kier alpha value is -1.91. The van der Waals surface area contributed by atoms with Crippen molar-refractivity contribution >= 4 is 52.2 Å². The number of hydrogen-bond acceptors (Lipinski definition) is 7. The van der Waals surface area contributed by atoms with E-state index in [1.807, 2.05) is 11.4 Å². The number of carboxylic acid groups (broad SMARTS) is 1. The average Bonchev–Trinajstić information content (AvgIpc) is 3.48. The number of aliphatic carboxylic acids is 1. The van der Waals surface area contributed by atoms with Crippen molar-refractivity contribution in [3.63, 3.8) is 0 Å². The first-order valence-electron chi connectivity index (χ1n) is 9.95. The van der Waals surface area contributed by atoms with Crippen LogP contribution in [0.25, 0.3) is 0 Å². The molecule has 10 heteroatoms. The molecule has 6 rings (SSSR count). The molecule has 0 unspecified atom stereocenters. The third-order valence-corrected chi connectivity index (χ3v) is 10.8. The molecule has 7 atom stereocenters. The third-order valence-electron chi connectivity index (χ3n) is 7.21. The summed E-state index contributed by atoms with van der Waals surface area (Å²) in [7, 11) is 0. The molecule has 3 fully saturated rings. The summed E-state index contributed by atoms with van der Waals surface area (Å²) in [6.45, 7) is -0.0447. The number of fused-ring (bicyclic) bond motifs is 9. The number of carbonyl (C=O) groups is 3. The minimum Gasteiger partial charge on any atom is -0.481 e. The van der Waals surface area contributed by atoms with Crippen molar-refractivity contribution in [3.8, 4) is 0 Å². The second kappa shape index (κ2) is 6.54. The molecule has 1 saturated heterocycles. The second-order valence-electron chi connectivity index (χ2n) is 8.45. The first-order valence-corrected chi connectivity index (χ1v) is 12.5. The van der Waals surface area contributed by atoms with Gasteiger partial charge in [0.2, 0.25) is 11.8 Å². The number of aromatic amines is 1. The van der Waals surface area contributed by atoms with Crippen LogP contribution >= 0.6 is 34.4 Å². The topological polar surface area (TPSA) is 108 Å². The predicted octanol–water partition coefficient (Wildman–Crippen LogP) is 2.45. The molecule has 2 N–H and O–H groups in total. The lowest BCUT2D eigenvalue weighted by molar-refractivity contribution is -0.142. The van der Waals surface area contributed by atoms with Crippen LogP contribution in [0.5, 0.6) is 0 Å². The van der Waals surface area contributed by atoms with Gasteiger partial charge in [0.1, 0.15) is 0 Å². The Morgan fingerprint density at radius 2 is 1.97 bits per heavy atom. The Morgan fingerprint density at radius 1 is 1.20 bits per heavy atom. The zero-order valence-electron chi connectivity index (χ0n) is 15.6. The fourth-order valence-electron chi connectivity index (χ4n) is 6.29. The van der Waals surface area contributed by atoms with Gasteiger partial charge in [-0.05, 0) is 35.6 Å². The van der Waals surface area contributed by atoms with Gasteiger partial charge in [0.25, 0.3) is 0 Å². The van der Waals surface area contributed by atoms with Gasteiger partial charge in [0.15, 0.2) is 0 Å². The van der Waals surface area contributed by atoms with E-state index in [0.717, 1.165) is 16.3 Å². The molecular formula is C20H18N2O5S3. The Labute approximate surface area is 183 Å². The van der Waals surface area contributed by atoms with Gasteiger partial charge < -0.3 is 10.1 Å². The van der Waals surface area contributed by atoms with E-state index in [4.69, 9.17) is 5.11 Å². The molecule has 2 saturated carbocycles. The minimum atomic E-state index is -1.01. The Bertz CT molecular complexity index is 1120. The summed E-state index contributed by atoms with van der Waals surface area (Å²) in [6, 6.07) is 4.11. The number of thioether (sulfide) groups is 1. The van der Waals surface area contributed by atoms with Gasteiger partial charge in [-0.2, -0.15) is 0 Å². The summed E-state index contributed by atoms with van der Waals surface area (Å²) < 4.78 is 0. The number of nitrogens with zero attached hydrogens (tertiary/aromatic N) is 1. The summed E-state index contributed by atoms with van der Waals surface area (Å²) in [4.78, 5) is 55.7. The molecule has 0 aromatic carbocycles. The van der Waals surface area contributed by atoms with Gasteiger partial charge in [0.05, 0.1) is 23.3 Å². The molecule has 2 aromatic heterocycles. The van der Waals surface area contributed by atoms with E-state index in [-0.39, 0.29) is 70.4 Å². The fraction of sp³-hybridized carbons (Fsp3) is 0.500. The number of carbonyl (C=O) groups excluding carboxylic acids is 2. The lowest BCUT2D eigenvalue weighted by atomic mass is 9.69. The molecule has 2 aromatic rings. The van der Waals surface area contributed by atoms with Crippen molar-refractivity contribution in [3.05, 3.63) is 36.9 Å². The molecule has 156 valence electrons. The van der Waals surface area contributed by atoms with Crippen LogP contribution in [0, 0.1) is 29.6 Å². The van der Waals surface area contributed by atoms with E-state index in [9.17, 15) is 19.2 Å². The van der Waals surface area contributed by atoms with E-state index in [1.165, 1.54) is 21.1 Å². The molecular weight excluding hydrogens is 444 g/mol. The SMILES string of the molecule is O=C(O)CCN1C(=O)[C@@H]2[C@H]3C[C@@H]([C@@H]2C1=O)[C@@H]1[C@@H](c2cccs2)c2sc(=O)[nH]c2S[C@@H]31. The average molecular weight is 463 g/mol. The number of aromatic nitrogens is 1. The summed E-state index contributed by atoms with van der Waals surface area (Å²) in [5.74, 6) is -1.65. The van der Waals surface area contributed by atoms with Gasteiger partial charge in [-0.25, -0.2) is 0 Å². The highest BCUT2D eigenvalue weighted by atomic mass is 32.2. The molecule has 0 spiro atoms. The van der Waals surface area contributed by atoms with Crippen molar-refractivity contribution in [1.29, 1.82) is 0 Å². The molecule has 4 heterocycles. The normalized spacial score (nSPS) is 36.1. The monoisotopic (exact) mass is 462 g/mol. The second-order valence-corrected chi connectivity index (χ2v) is 11.6. The minimum absolute atomic E-state index is 0.0447. The maximum absolute atomic E-state index is 13.2. The lowest BCUT2D eigenvalue weighted by Crippen LogP contribution is -2.42. The predicted molar refractivity (Wildman–Crippen MR) is 112 cm³/mol. The fourth-order valence-corrected chi connectivity index (χ4v) is 10.1. The number of amides is 2. The number of carboxylic acids is 1. The maximum atomic E-state index is 13.2. The standard InChI is InChI=1S/C20H18N2O5S3/c23-10(24)3-4-22-18(25)12-7-6-8(13(12)19(22)26)15-11(7)14(9-2-1-5-28-9)16-17(29-15)21-20(27)30-16/h1-2,5,7-8,11-15H,3-4,6H2,(H,21,27)(H,23,24)/t7-,8-,11-,12+,13-,14-,15+/m1/s1. The third kappa shape index (κ3) is 2.44. The van der Waals surface area contributed by atoms with Crippen LogP contribution < -0.4 is 4.87 Å². The Balaban J connectivity index is 1.40. The summed E-state index contributed by atoms with van der Waals surface area (Å²) in [5, 5.41) is 12.1. The number of imide groups is 1. The van der Waals surface area contributed by atoms with Gasteiger partial charge in [-0.3, -0.25) is 24.1 Å². The van der Waals surface area contributed by atoms with Crippen LogP contribution in [0.15, 0.2) is 27.3 Å². The Kier molecular flexibility index (Phi) is 4.11. The van der Waals surface area contributed by atoms with Crippen molar-refractivity contribution in [2.75, 3.05) is 6.54 Å². The molecule has 30 heavy (non-hydrogen) atoms. The van der Waals surface area contributed by atoms with Gasteiger partial charge in [0, 0.05) is 27.5 Å². The van der Waals surface area contributed by atoms with Crippen molar-refractivity contribution in [2.24, 2.45) is 29.6 Å². The molecule has 2 aliphatic heterocycles. The number of rotatable bonds is 4. The molecule has 2 aliphatic carbocycles. The van der Waals surface area contributed by atoms with Crippen molar-refractivity contribution in [1.82, 2.24) is 9.88 Å². The maximum Gasteiger partial charge on any atom is 0.305 e. The molecule has 2 bridgehead atoms. The van der Waals surface area contributed by atoms with E-state index in [2.05, 4.69) is 11.1 Å². The van der Waals surface area contributed by atoms with Crippen LogP contribution in [0.1, 0.15) is 28.5 Å². The molecule has 4 aliphatic rings. The zero-order chi connectivity index (χ0) is 20.7. The first-order chi connectivity index (χ1) is 14.5. The molecule has 7 nitrogen and oxygen atoms in total. The van der Waals surface area contributed by atoms with Crippen LogP contribution in [-0.4, -0.2) is 44.6 Å². The zero-order valence-corrected chi connectivity index (χ0v) is 18.1. The van der Waals surface area contributed by atoms with Crippen molar-refractivity contribution in [2.45, 2.75) is 29.0 Å². The highest BCUT2D eigenvalue weighted by Gasteiger charge is 2.69. The van der Waals surface area contributed by atoms with Gasteiger partial charge in [-0.15, -0.1) is 23.1 Å². The highest BCUT2D eigenvalue weighted by molar-refractivity contribution is 8.00. The van der Waals surface area contributed by atoms with Crippen LogP contribution in [0.3, 0.4) is 0 Å².